The van der Waals surface area contributed by atoms with Crippen LogP contribution in [0.1, 0.15) is 32.6 Å². The first-order chi connectivity index (χ1) is 8.15. The van der Waals surface area contributed by atoms with Crippen LogP contribution in [-0.2, 0) is 0 Å². The monoisotopic (exact) mass is 269 g/mol. The number of halogens is 1. The molecule has 0 saturated heterocycles. The van der Waals surface area contributed by atoms with Gasteiger partial charge in [-0.1, -0.05) is 30.7 Å². The molecule has 0 radical (unpaired) electrons. The minimum atomic E-state index is 0.206. The summed E-state index contributed by atoms with van der Waals surface area (Å²) < 4.78 is 0.206. The molecule has 2 N–H and O–H groups in total. The zero-order chi connectivity index (χ0) is 12.3. The van der Waals surface area contributed by atoms with Gasteiger partial charge in [0.15, 0.2) is 0 Å². The first-order valence-corrected chi connectivity index (χ1v) is 7.48. The Morgan fingerprint density at radius 3 is 2.59 bits per heavy atom. The Balaban J connectivity index is 2.12. The van der Waals surface area contributed by atoms with Crippen LogP contribution in [0.5, 0.6) is 0 Å². The molecule has 2 rings (SSSR count). The summed E-state index contributed by atoms with van der Waals surface area (Å²) in [6.07, 6.45) is 4.99. The van der Waals surface area contributed by atoms with Gasteiger partial charge in [0.1, 0.15) is 0 Å². The van der Waals surface area contributed by atoms with Crippen molar-refractivity contribution in [3.63, 3.8) is 0 Å². The van der Waals surface area contributed by atoms with E-state index in [4.69, 9.17) is 17.3 Å². The second-order valence-corrected chi connectivity index (χ2v) is 7.02. The third-order valence-corrected chi connectivity index (χ3v) is 5.75. The summed E-state index contributed by atoms with van der Waals surface area (Å²) in [7, 11) is 0. The van der Waals surface area contributed by atoms with Crippen LogP contribution >= 0.6 is 23.4 Å². The predicted molar refractivity (Wildman–Crippen MR) is 76.7 cm³/mol. The molecule has 1 aromatic rings. The smallest absolute Gasteiger partial charge is 0.0542 e. The summed E-state index contributed by atoms with van der Waals surface area (Å²) in [5, 5.41) is 0.851. The Hall–Kier alpha value is -0.180. The van der Waals surface area contributed by atoms with Crippen LogP contribution in [0.25, 0.3) is 0 Å². The number of thioether (sulfide) groups is 1. The molecule has 94 valence electrons. The molecule has 1 fully saturated rings. The minimum absolute atomic E-state index is 0.206. The van der Waals surface area contributed by atoms with Gasteiger partial charge in [0, 0.05) is 16.2 Å². The van der Waals surface area contributed by atoms with Crippen LogP contribution in [0, 0.1) is 5.92 Å². The number of nitrogens with two attached hydrogens (primary N) is 1. The lowest BCUT2D eigenvalue weighted by atomic mass is 9.82. The fourth-order valence-corrected chi connectivity index (χ4v) is 3.95. The van der Waals surface area contributed by atoms with Crippen molar-refractivity contribution in [2.24, 2.45) is 11.7 Å². The fraction of sp³-hybridized carbons (Fsp3) is 0.571. The molecule has 3 heteroatoms. The molecule has 1 saturated carbocycles. The quantitative estimate of drug-likeness (QED) is 0.883. The van der Waals surface area contributed by atoms with Crippen molar-refractivity contribution in [3.05, 3.63) is 29.3 Å². The third kappa shape index (κ3) is 3.18. The molecule has 0 aromatic heterocycles. The first-order valence-electron chi connectivity index (χ1n) is 6.29. The van der Waals surface area contributed by atoms with E-state index in [1.807, 2.05) is 30.0 Å². The van der Waals surface area contributed by atoms with Gasteiger partial charge in [-0.2, -0.15) is 0 Å². The SMILES string of the molecule is CC1CCC(CN)(Sc2ccccc2Cl)CC1. The zero-order valence-corrected chi connectivity index (χ0v) is 11.9. The van der Waals surface area contributed by atoms with Gasteiger partial charge in [0.05, 0.1) is 5.02 Å². The topological polar surface area (TPSA) is 26.0 Å². The van der Waals surface area contributed by atoms with Crippen molar-refractivity contribution in [2.45, 2.75) is 42.2 Å². The largest absolute Gasteiger partial charge is 0.329 e. The normalized spacial score (nSPS) is 29.2. The Bertz CT molecular complexity index is 372. The van der Waals surface area contributed by atoms with Gasteiger partial charge < -0.3 is 5.73 Å². The summed E-state index contributed by atoms with van der Waals surface area (Å²) in [6.45, 7) is 3.08. The highest BCUT2D eigenvalue weighted by atomic mass is 35.5. The maximum absolute atomic E-state index is 6.23. The number of benzene rings is 1. The highest BCUT2D eigenvalue weighted by Crippen LogP contribution is 2.46. The van der Waals surface area contributed by atoms with Gasteiger partial charge in [-0.25, -0.2) is 0 Å². The molecule has 1 aliphatic carbocycles. The van der Waals surface area contributed by atoms with Crippen molar-refractivity contribution in [1.82, 2.24) is 0 Å². The second kappa shape index (κ2) is 5.64. The van der Waals surface area contributed by atoms with Gasteiger partial charge in [-0.05, 0) is 43.7 Å². The Morgan fingerprint density at radius 2 is 2.00 bits per heavy atom. The van der Waals surface area contributed by atoms with Crippen molar-refractivity contribution in [3.8, 4) is 0 Å². The summed E-state index contributed by atoms with van der Waals surface area (Å²) in [6, 6.07) is 8.08. The Morgan fingerprint density at radius 1 is 1.35 bits per heavy atom. The van der Waals surface area contributed by atoms with E-state index >= 15 is 0 Å². The van der Waals surface area contributed by atoms with Crippen molar-refractivity contribution in [2.75, 3.05) is 6.54 Å². The Kier molecular flexibility index (Phi) is 4.40. The molecule has 17 heavy (non-hydrogen) atoms. The van der Waals surface area contributed by atoms with E-state index in [-0.39, 0.29) is 4.75 Å². The van der Waals surface area contributed by atoms with Crippen LogP contribution in [0.3, 0.4) is 0 Å². The van der Waals surface area contributed by atoms with Crippen LogP contribution < -0.4 is 5.73 Å². The summed E-state index contributed by atoms with van der Waals surface area (Å²) in [4.78, 5) is 1.18. The maximum atomic E-state index is 6.23. The lowest BCUT2D eigenvalue weighted by molar-refractivity contribution is 0.323. The molecule has 0 bridgehead atoms. The van der Waals surface area contributed by atoms with E-state index in [0.29, 0.717) is 0 Å². The van der Waals surface area contributed by atoms with Gasteiger partial charge in [0.25, 0.3) is 0 Å². The summed E-state index contributed by atoms with van der Waals surface area (Å²) >= 11 is 8.11. The molecule has 0 unspecified atom stereocenters. The Labute approximate surface area is 113 Å². The molecule has 1 nitrogen and oxygen atoms in total. The number of hydrogen-bond acceptors (Lipinski definition) is 2. The highest BCUT2D eigenvalue weighted by molar-refractivity contribution is 8.00. The summed E-state index contributed by atoms with van der Waals surface area (Å²) in [5.74, 6) is 0.849. The molecule has 1 aromatic carbocycles. The van der Waals surface area contributed by atoms with E-state index in [2.05, 4.69) is 13.0 Å². The molecular weight excluding hydrogens is 250 g/mol. The lowest BCUT2D eigenvalue weighted by Gasteiger charge is -2.38. The molecule has 0 atom stereocenters. The van der Waals surface area contributed by atoms with E-state index in [9.17, 15) is 0 Å². The van der Waals surface area contributed by atoms with Crippen LogP contribution in [0.4, 0.5) is 0 Å². The number of hydrogen-bond donors (Lipinski definition) is 1. The van der Waals surface area contributed by atoms with Crippen LogP contribution in [0.2, 0.25) is 5.02 Å². The highest BCUT2D eigenvalue weighted by Gasteiger charge is 2.34. The van der Waals surface area contributed by atoms with Gasteiger partial charge in [-0.3, -0.25) is 0 Å². The fourth-order valence-electron chi connectivity index (χ4n) is 2.40. The van der Waals surface area contributed by atoms with E-state index < -0.39 is 0 Å². The minimum Gasteiger partial charge on any atom is -0.329 e. The first kappa shape index (κ1) is 13.3. The van der Waals surface area contributed by atoms with Crippen molar-refractivity contribution in [1.29, 1.82) is 0 Å². The lowest BCUT2D eigenvalue weighted by Crippen LogP contribution is -2.38. The van der Waals surface area contributed by atoms with Gasteiger partial charge >= 0.3 is 0 Å². The van der Waals surface area contributed by atoms with E-state index in [1.165, 1.54) is 30.6 Å². The average molecular weight is 270 g/mol. The van der Waals surface area contributed by atoms with Gasteiger partial charge in [-0.15, -0.1) is 11.8 Å². The second-order valence-electron chi connectivity index (χ2n) is 5.10. The third-order valence-electron chi connectivity index (χ3n) is 3.72. The molecule has 0 spiro atoms. The molecule has 0 aliphatic heterocycles. The van der Waals surface area contributed by atoms with Crippen LogP contribution in [-0.4, -0.2) is 11.3 Å². The maximum Gasteiger partial charge on any atom is 0.0542 e. The van der Waals surface area contributed by atoms with Crippen molar-refractivity contribution < 1.29 is 0 Å². The van der Waals surface area contributed by atoms with Crippen molar-refractivity contribution >= 4 is 23.4 Å². The molecule has 0 amide bonds. The van der Waals surface area contributed by atoms with Gasteiger partial charge in [0.2, 0.25) is 0 Å². The molecule has 1 aliphatic rings. The predicted octanol–water partition coefficient (Wildman–Crippen LogP) is 4.34. The zero-order valence-electron chi connectivity index (χ0n) is 10.3. The summed E-state index contributed by atoms with van der Waals surface area (Å²) in [5.41, 5.74) is 6.02. The van der Waals surface area contributed by atoms with E-state index in [1.54, 1.807) is 0 Å². The van der Waals surface area contributed by atoms with E-state index in [0.717, 1.165) is 17.5 Å². The standard InChI is InChI=1S/C14H20ClNS/c1-11-6-8-14(10-16,9-7-11)17-13-5-3-2-4-12(13)15/h2-5,11H,6-10,16H2,1H3. The van der Waals surface area contributed by atoms with Crippen LogP contribution in [0.15, 0.2) is 29.2 Å². The molecular formula is C14H20ClNS. The number of rotatable bonds is 3. The molecule has 0 heterocycles. The average Bonchev–Trinajstić information content (AvgIpc) is 2.35.